The summed E-state index contributed by atoms with van der Waals surface area (Å²) in [6.07, 6.45) is 0. The molecule has 84 valence electrons. The van der Waals surface area contributed by atoms with E-state index in [9.17, 15) is 4.79 Å². The molecule has 0 radical (unpaired) electrons. The summed E-state index contributed by atoms with van der Waals surface area (Å²) in [5.41, 5.74) is 1.01. The maximum absolute atomic E-state index is 11.4. The zero-order chi connectivity index (χ0) is 11.6. The fourth-order valence-electron chi connectivity index (χ4n) is 0.996. The maximum Gasteiger partial charge on any atom is 0.239 e. The van der Waals surface area contributed by atoms with Crippen LogP contribution in [0.25, 0.3) is 0 Å². The van der Waals surface area contributed by atoms with E-state index in [4.69, 9.17) is 0 Å². The van der Waals surface area contributed by atoms with Gasteiger partial charge in [-0.3, -0.25) is 9.89 Å². The lowest BCUT2D eigenvalue weighted by Crippen LogP contribution is -2.20. The molecule has 1 heterocycles. The summed E-state index contributed by atoms with van der Waals surface area (Å²) < 4.78 is 0. The minimum atomic E-state index is -0.215. The molecule has 0 aromatic carbocycles. The molecule has 1 amide bonds. The molecule has 0 fully saturated rings. The molecule has 15 heavy (non-hydrogen) atoms. The summed E-state index contributed by atoms with van der Waals surface area (Å²) in [5, 5.41) is 9.64. The quantitative estimate of drug-likeness (QED) is 0.814. The molecule has 0 spiro atoms. The number of rotatable bonds is 2. The van der Waals surface area contributed by atoms with Crippen LogP contribution in [0.15, 0.2) is 6.07 Å². The van der Waals surface area contributed by atoms with Crippen molar-refractivity contribution < 1.29 is 4.79 Å². The normalized spacial score (nSPS) is 13.7. The van der Waals surface area contributed by atoms with E-state index in [-0.39, 0.29) is 16.1 Å². The van der Waals surface area contributed by atoms with E-state index in [2.05, 4.69) is 52.2 Å². The van der Waals surface area contributed by atoms with Crippen LogP contribution in [0.2, 0.25) is 0 Å². The van der Waals surface area contributed by atoms with Gasteiger partial charge in [-0.15, -0.1) is 0 Å². The summed E-state index contributed by atoms with van der Waals surface area (Å²) in [7, 11) is 0. The SMILES string of the molecule is CC(Br)C(=O)Nc1cc(C(C)(C)C)[nH]n1. The molecule has 1 aromatic heterocycles. The van der Waals surface area contributed by atoms with Gasteiger partial charge in [-0.05, 0) is 6.92 Å². The van der Waals surface area contributed by atoms with E-state index in [1.807, 2.05) is 6.07 Å². The average Bonchev–Trinajstić information content (AvgIpc) is 2.51. The second-order valence-corrected chi connectivity index (χ2v) is 5.90. The number of carbonyl (C=O) groups is 1. The smallest absolute Gasteiger partial charge is 0.239 e. The second kappa shape index (κ2) is 4.35. The highest BCUT2D eigenvalue weighted by Crippen LogP contribution is 2.22. The number of H-pyrrole nitrogens is 1. The topological polar surface area (TPSA) is 57.8 Å². The van der Waals surface area contributed by atoms with Crippen LogP contribution >= 0.6 is 15.9 Å². The lowest BCUT2D eigenvalue weighted by molar-refractivity contribution is -0.115. The van der Waals surface area contributed by atoms with Gasteiger partial charge < -0.3 is 5.32 Å². The number of aromatic amines is 1. The molecule has 4 nitrogen and oxygen atoms in total. The summed E-state index contributed by atoms with van der Waals surface area (Å²) in [5.74, 6) is 0.471. The maximum atomic E-state index is 11.4. The van der Waals surface area contributed by atoms with Crippen molar-refractivity contribution in [3.63, 3.8) is 0 Å². The summed E-state index contributed by atoms with van der Waals surface area (Å²) in [6.45, 7) is 8.02. The molecule has 2 N–H and O–H groups in total. The molecule has 0 bridgehead atoms. The molecule has 5 heteroatoms. The predicted octanol–water partition coefficient (Wildman–Crippen LogP) is 2.43. The van der Waals surface area contributed by atoms with Crippen LogP contribution in [0, 0.1) is 0 Å². The standard InChI is InChI=1S/C10H16BrN3O/c1-6(11)9(15)12-8-5-7(13-14-8)10(2,3)4/h5-6H,1-4H3,(H2,12,13,14,15). The minimum Gasteiger partial charge on any atom is -0.308 e. The lowest BCUT2D eigenvalue weighted by Gasteiger charge is -2.14. The van der Waals surface area contributed by atoms with E-state index in [1.54, 1.807) is 6.92 Å². The molecular weight excluding hydrogens is 258 g/mol. The van der Waals surface area contributed by atoms with Crippen LogP contribution < -0.4 is 5.32 Å². The number of hydrogen-bond donors (Lipinski definition) is 2. The molecule has 0 aliphatic heterocycles. The highest BCUT2D eigenvalue weighted by molar-refractivity contribution is 9.10. The number of hydrogen-bond acceptors (Lipinski definition) is 2. The van der Waals surface area contributed by atoms with Gasteiger partial charge >= 0.3 is 0 Å². The summed E-state index contributed by atoms with van der Waals surface area (Å²) >= 11 is 3.19. The Kier molecular flexibility index (Phi) is 3.54. The molecule has 0 aliphatic carbocycles. The van der Waals surface area contributed by atoms with Gasteiger partial charge in [-0.1, -0.05) is 36.7 Å². The van der Waals surface area contributed by atoms with Gasteiger partial charge in [0.2, 0.25) is 5.91 Å². The number of nitrogens with zero attached hydrogens (tertiary/aromatic N) is 1. The van der Waals surface area contributed by atoms with Gasteiger partial charge in [-0.25, -0.2) is 0 Å². The number of carbonyl (C=O) groups excluding carboxylic acids is 1. The van der Waals surface area contributed by atoms with Gasteiger partial charge in [0, 0.05) is 17.2 Å². The highest BCUT2D eigenvalue weighted by Gasteiger charge is 2.18. The lowest BCUT2D eigenvalue weighted by atomic mass is 9.92. The Morgan fingerprint density at radius 2 is 2.20 bits per heavy atom. The molecule has 1 atom stereocenters. The summed E-state index contributed by atoms with van der Waals surface area (Å²) in [6, 6.07) is 1.85. The van der Waals surface area contributed by atoms with E-state index < -0.39 is 0 Å². The monoisotopic (exact) mass is 273 g/mol. The van der Waals surface area contributed by atoms with Gasteiger partial charge in [0.25, 0.3) is 0 Å². The molecule has 0 saturated heterocycles. The van der Waals surface area contributed by atoms with Crippen molar-refractivity contribution in [2.75, 3.05) is 5.32 Å². The van der Waals surface area contributed by atoms with Crippen LogP contribution in [0.3, 0.4) is 0 Å². The Bertz CT molecular complexity index is 352. The zero-order valence-electron chi connectivity index (χ0n) is 9.39. The van der Waals surface area contributed by atoms with Crippen molar-refractivity contribution in [3.05, 3.63) is 11.8 Å². The number of alkyl halides is 1. The van der Waals surface area contributed by atoms with Crippen molar-refractivity contribution in [3.8, 4) is 0 Å². The van der Waals surface area contributed by atoms with Crippen molar-refractivity contribution in [1.82, 2.24) is 10.2 Å². The number of anilines is 1. The number of amides is 1. The van der Waals surface area contributed by atoms with Crippen molar-refractivity contribution in [1.29, 1.82) is 0 Å². The van der Waals surface area contributed by atoms with E-state index in [0.29, 0.717) is 5.82 Å². The Hall–Kier alpha value is -0.840. The van der Waals surface area contributed by atoms with Crippen LogP contribution in [0.5, 0.6) is 0 Å². The van der Waals surface area contributed by atoms with Crippen molar-refractivity contribution in [2.45, 2.75) is 37.9 Å². The fraction of sp³-hybridized carbons (Fsp3) is 0.600. The fourth-order valence-corrected chi connectivity index (χ4v) is 1.11. The van der Waals surface area contributed by atoms with Gasteiger partial charge in [0.1, 0.15) is 0 Å². The Labute approximate surface area is 98.0 Å². The predicted molar refractivity (Wildman–Crippen MR) is 64.3 cm³/mol. The van der Waals surface area contributed by atoms with Gasteiger partial charge in [0.05, 0.1) is 4.83 Å². The Morgan fingerprint density at radius 1 is 1.60 bits per heavy atom. The van der Waals surface area contributed by atoms with Gasteiger partial charge in [0.15, 0.2) is 5.82 Å². The molecule has 1 aromatic rings. The molecule has 1 unspecified atom stereocenters. The highest BCUT2D eigenvalue weighted by atomic mass is 79.9. The Morgan fingerprint density at radius 3 is 2.60 bits per heavy atom. The third-order valence-electron chi connectivity index (χ3n) is 2.00. The number of aromatic nitrogens is 2. The van der Waals surface area contributed by atoms with Crippen LogP contribution in [0.1, 0.15) is 33.4 Å². The summed E-state index contributed by atoms with van der Waals surface area (Å²) in [4.78, 5) is 11.1. The third kappa shape index (κ3) is 3.34. The first kappa shape index (κ1) is 12.2. The first-order valence-electron chi connectivity index (χ1n) is 4.81. The first-order chi connectivity index (χ1) is 6.80. The van der Waals surface area contributed by atoms with Crippen molar-refractivity contribution in [2.24, 2.45) is 0 Å². The zero-order valence-corrected chi connectivity index (χ0v) is 11.0. The molecular formula is C10H16BrN3O. The number of nitrogens with one attached hydrogen (secondary N) is 2. The van der Waals surface area contributed by atoms with E-state index >= 15 is 0 Å². The molecule has 0 saturated carbocycles. The average molecular weight is 274 g/mol. The van der Waals surface area contributed by atoms with E-state index in [0.717, 1.165) is 5.69 Å². The van der Waals surface area contributed by atoms with Crippen LogP contribution in [0.4, 0.5) is 5.82 Å². The second-order valence-electron chi connectivity index (χ2n) is 4.52. The Balaban J connectivity index is 2.73. The largest absolute Gasteiger partial charge is 0.308 e. The van der Waals surface area contributed by atoms with Gasteiger partial charge in [-0.2, -0.15) is 5.10 Å². The third-order valence-corrected chi connectivity index (χ3v) is 2.41. The van der Waals surface area contributed by atoms with Crippen molar-refractivity contribution >= 4 is 27.7 Å². The first-order valence-corrected chi connectivity index (χ1v) is 5.73. The molecule has 1 rings (SSSR count). The van der Waals surface area contributed by atoms with Crippen LogP contribution in [-0.2, 0) is 10.2 Å². The number of halogens is 1. The molecule has 0 aliphatic rings. The minimum absolute atomic E-state index is 0.00992. The van der Waals surface area contributed by atoms with Crippen LogP contribution in [-0.4, -0.2) is 20.9 Å². The van der Waals surface area contributed by atoms with E-state index in [1.165, 1.54) is 0 Å².